The van der Waals surface area contributed by atoms with Gasteiger partial charge in [0.2, 0.25) is 0 Å². The second kappa shape index (κ2) is 5.02. The van der Waals surface area contributed by atoms with Crippen LogP contribution in [0.3, 0.4) is 0 Å². The van der Waals surface area contributed by atoms with Crippen LogP contribution in [0.4, 0.5) is 5.69 Å². The van der Waals surface area contributed by atoms with Gasteiger partial charge in [-0.25, -0.2) is 8.42 Å². The van der Waals surface area contributed by atoms with Crippen molar-refractivity contribution in [3.05, 3.63) is 24.0 Å². The topological polar surface area (TPSA) is 50.3 Å². The minimum Gasteiger partial charge on any atom is -0.370 e. The summed E-state index contributed by atoms with van der Waals surface area (Å²) >= 11 is 0. The number of nitrogens with zero attached hydrogens (tertiary/aromatic N) is 2. The smallest absolute Gasteiger partial charge is 0.157 e. The van der Waals surface area contributed by atoms with E-state index in [9.17, 15) is 8.42 Å². The number of aromatic nitrogens is 1. The Bertz CT molecular complexity index is 594. The Hall–Kier alpha value is -1.10. The van der Waals surface area contributed by atoms with Crippen LogP contribution in [0.25, 0.3) is 0 Å². The van der Waals surface area contributed by atoms with Gasteiger partial charge in [0.1, 0.15) is 0 Å². The monoisotopic (exact) mass is 294 g/mol. The van der Waals surface area contributed by atoms with E-state index in [1.807, 2.05) is 12.3 Å². The first-order valence-electron chi connectivity index (χ1n) is 7.48. The van der Waals surface area contributed by atoms with Gasteiger partial charge in [-0.15, -0.1) is 0 Å². The second-order valence-electron chi connectivity index (χ2n) is 5.95. The van der Waals surface area contributed by atoms with Gasteiger partial charge in [-0.3, -0.25) is 4.98 Å². The molecule has 3 rings (SSSR count). The first-order valence-corrected chi connectivity index (χ1v) is 9.14. The maximum atomic E-state index is 12.5. The molecule has 1 saturated heterocycles. The Morgan fingerprint density at radius 2 is 2.10 bits per heavy atom. The Kier molecular flexibility index (Phi) is 3.48. The third-order valence-corrected chi connectivity index (χ3v) is 7.57. The minimum atomic E-state index is -2.94. The Morgan fingerprint density at radius 3 is 2.75 bits per heavy atom. The standard InChI is InChI=1S/C15H22N2O2S/c1-2-13-12-14(4-8-16-13)17-9-7-15(5-3-6-15)20(18,19)11-10-17/h4,8,12H,2-3,5-7,9-11H2,1H3. The van der Waals surface area contributed by atoms with Crippen LogP contribution < -0.4 is 4.90 Å². The predicted octanol–water partition coefficient (Wildman–Crippen LogP) is 2.19. The van der Waals surface area contributed by atoms with Crippen molar-refractivity contribution in [3.63, 3.8) is 0 Å². The Morgan fingerprint density at radius 1 is 1.30 bits per heavy atom. The summed E-state index contributed by atoms with van der Waals surface area (Å²) in [5.41, 5.74) is 2.18. The highest BCUT2D eigenvalue weighted by Gasteiger charge is 2.49. The number of pyridine rings is 1. The van der Waals surface area contributed by atoms with E-state index in [4.69, 9.17) is 0 Å². The molecule has 0 aromatic carbocycles. The maximum Gasteiger partial charge on any atom is 0.157 e. The van der Waals surface area contributed by atoms with Crippen molar-refractivity contribution in [2.45, 2.75) is 43.8 Å². The molecule has 0 unspecified atom stereocenters. The summed E-state index contributed by atoms with van der Waals surface area (Å²) in [6.45, 7) is 3.53. The van der Waals surface area contributed by atoms with Crippen LogP contribution in [-0.2, 0) is 16.3 Å². The van der Waals surface area contributed by atoms with E-state index < -0.39 is 14.6 Å². The third kappa shape index (κ3) is 2.22. The second-order valence-corrected chi connectivity index (χ2v) is 8.46. The molecule has 0 atom stereocenters. The van der Waals surface area contributed by atoms with E-state index in [1.54, 1.807) is 0 Å². The van der Waals surface area contributed by atoms with E-state index in [0.717, 1.165) is 50.0 Å². The maximum absolute atomic E-state index is 12.5. The lowest BCUT2D eigenvalue weighted by Crippen LogP contribution is -2.46. The number of hydrogen-bond acceptors (Lipinski definition) is 4. The van der Waals surface area contributed by atoms with Crippen LogP contribution >= 0.6 is 0 Å². The lowest BCUT2D eigenvalue weighted by molar-refractivity contribution is 0.324. The van der Waals surface area contributed by atoms with Crippen LogP contribution in [0.15, 0.2) is 18.3 Å². The molecular weight excluding hydrogens is 272 g/mol. The van der Waals surface area contributed by atoms with Gasteiger partial charge in [0, 0.05) is 30.7 Å². The quantitative estimate of drug-likeness (QED) is 0.839. The Labute approximate surface area is 121 Å². The zero-order valence-electron chi connectivity index (χ0n) is 12.0. The molecule has 0 radical (unpaired) electrons. The molecule has 1 saturated carbocycles. The van der Waals surface area contributed by atoms with Crippen molar-refractivity contribution < 1.29 is 8.42 Å². The molecule has 0 bridgehead atoms. The highest BCUT2D eigenvalue weighted by atomic mass is 32.2. The van der Waals surface area contributed by atoms with Gasteiger partial charge in [-0.05, 0) is 37.8 Å². The molecule has 20 heavy (non-hydrogen) atoms. The number of hydrogen-bond donors (Lipinski definition) is 0. The predicted molar refractivity (Wildman–Crippen MR) is 80.8 cm³/mol. The van der Waals surface area contributed by atoms with Crippen LogP contribution in [0.2, 0.25) is 0 Å². The van der Waals surface area contributed by atoms with Crippen molar-refractivity contribution >= 4 is 15.5 Å². The summed E-state index contributed by atoms with van der Waals surface area (Å²) in [6.07, 6.45) is 6.30. The summed E-state index contributed by atoms with van der Waals surface area (Å²) in [7, 11) is -2.94. The highest BCUT2D eigenvalue weighted by molar-refractivity contribution is 7.92. The normalized spacial score (nSPS) is 24.1. The van der Waals surface area contributed by atoms with E-state index in [1.165, 1.54) is 0 Å². The highest BCUT2D eigenvalue weighted by Crippen LogP contribution is 2.44. The van der Waals surface area contributed by atoms with E-state index in [-0.39, 0.29) is 5.75 Å². The average molecular weight is 294 g/mol. The van der Waals surface area contributed by atoms with Gasteiger partial charge < -0.3 is 4.90 Å². The van der Waals surface area contributed by atoms with Gasteiger partial charge in [0.25, 0.3) is 0 Å². The van der Waals surface area contributed by atoms with E-state index >= 15 is 0 Å². The summed E-state index contributed by atoms with van der Waals surface area (Å²) in [5, 5.41) is 0. The van der Waals surface area contributed by atoms with E-state index in [0.29, 0.717) is 6.54 Å². The minimum absolute atomic E-state index is 0.288. The lowest BCUT2D eigenvalue weighted by atomic mass is 9.81. The fraction of sp³-hybridized carbons (Fsp3) is 0.667. The molecule has 2 aliphatic rings. The number of rotatable bonds is 2. The van der Waals surface area contributed by atoms with Crippen molar-refractivity contribution in [1.29, 1.82) is 0 Å². The van der Waals surface area contributed by atoms with Crippen LogP contribution in [-0.4, -0.2) is 37.0 Å². The van der Waals surface area contributed by atoms with Gasteiger partial charge in [-0.1, -0.05) is 13.3 Å². The summed E-state index contributed by atoms with van der Waals surface area (Å²) < 4.78 is 24.5. The molecule has 1 spiro atoms. The Balaban J connectivity index is 1.83. The third-order valence-electron chi connectivity index (χ3n) is 4.92. The van der Waals surface area contributed by atoms with Crippen LogP contribution in [0.5, 0.6) is 0 Å². The fourth-order valence-electron chi connectivity index (χ4n) is 3.30. The van der Waals surface area contributed by atoms with Gasteiger partial charge in [-0.2, -0.15) is 0 Å². The fourth-order valence-corrected chi connectivity index (χ4v) is 5.51. The molecule has 4 nitrogen and oxygen atoms in total. The number of anilines is 1. The molecule has 5 heteroatoms. The van der Waals surface area contributed by atoms with Crippen LogP contribution in [0, 0.1) is 0 Å². The van der Waals surface area contributed by atoms with Gasteiger partial charge in [0.05, 0.1) is 10.5 Å². The number of aryl methyl sites for hydroxylation is 1. The number of sulfone groups is 1. The van der Waals surface area contributed by atoms with Crippen molar-refractivity contribution in [2.24, 2.45) is 0 Å². The summed E-state index contributed by atoms with van der Waals surface area (Å²) in [6, 6.07) is 4.08. The van der Waals surface area contributed by atoms with Gasteiger partial charge >= 0.3 is 0 Å². The molecular formula is C15H22N2O2S. The molecule has 1 aliphatic carbocycles. The summed E-state index contributed by atoms with van der Waals surface area (Å²) in [4.78, 5) is 6.53. The van der Waals surface area contributed by atoms with Crippen molar-refractivity contribution in [3.8, 4) is 0 Å². The molecule has 1 aromatic heterocycles. The average Bonchev–Trinajstić information content (AvgIpc) is 2.54. The van der Waals surface area contributed by atoms with Crippen LogP contribution in [0.1, 0.15) is 38.3 Å². The molecule has 1 aromatic rings. The summed E-state index contributed by atoms with van der Waals surface area (Å²) in [5.74, 6) is 0.288. The molecule has 0 amide bonds. The van der Waals surface area contributed by atoms with Gasteiger partial charge in [0.15, 0.2) is 9.84 Å². The lowest BCUT2D eigenvalue weighted by Gasteiger charge is -2.40. The molecule has 2 fully saturated rings. The molecule has 2 heterocycles. The largest absolute Gasteiger partial charge is 0.370 e. The van der Waals surface area contributed by atoms with E-state index in [2.05, 4.69) is 22.9 Å². The van der Waals surface area contributed by atoms with Crippen molar-refractivity contribution in [2.75, 3.05) is 23.7 Å². The first kappa shape index (κ1) is 13.9. The van der Waals surface area contributed by atoms with Crippen molar-refractivity contribution in [1.82, 2.24) is 4.98 Å². The molecule has 0 N–H and O–H groups in total. The zero-order valence-corrected chi connectivity index (χ0v) is 12.8. The zero-order chi connectivity index (χ0) is 14.2. The molecule has 110 valence electrons. The molecule has 1 aliphatic heterocycles. The first-order chi connectivity index (χ1) is 9.56. The SMILES string of the molecule is CCc1cc(N2CCC3(CCC3)S(=O)(=O)CC2)ccn1.